The highest BCUT2D eigenvalue weighted by molar-refractivity contribution is 7.14. The van der Waals surface area contributed by atoms with E-state index >= 15 is 0 Å². The second-order valence-corrected chi connectivity index (χ2v) is 5.77. The van der Waals surface area contributed by atoms with Crippen LogP contribution in [-0.2, 0) is 19.4 Å². The molecule has 0 fully saturated rings. The van der Waals surface area contributed by atoms with E-state index < -0.39 is 0 Å². The Labute approximate surface area is 114 Å². The Hall–Kier alpha value is -1.76. The number of H-pyrrole nitrogens is 1. The SMILES string of the molecule is O=C(NCc1nn[nH]n1)c1cc2c(s1)CCCCC2. The van der Waals surface area contributed by atoms with Crippen LogP contribution in [0.2, 0.25) is 0 Å². The van der Waals surface area contributed by atoms with Crippen molar-refractivity contribution in [3.05, 3.63) is 27.2 Å². The van der Waals surface area contributed by atoms with Crippen molar-refractivity contribution in [2.24, 2.45) is 0 Å². The first-order valence-corrected chi connectivity index (χ1v) is 7.26. The first kappa shape index (κ1) is 12.3. The number of nitrogens with zero attached hydrogens (tertiary/aromatic N) is 3. The van der Waals surface area contributed by atoms with Gasteiger partial charge in [0.25, 0.3) is 5.91 Å². The lowest BCUT2D eigenvalue weighted by Crippen LogP contribution is -2.22. The molecule has 0 unspecified atom stereocenters. The third-order valence-electron chi connectivity index (χ3n) is 3.27. The molecule has 6 nitrogen and oxygen atoms in total. The Morgan fingerprint density at radius 3 is 3.11 bits per heavy atom. The molecule has 0 atom stereocenters. The molecule has 1 aliphatic carbocycles. The number of aromatic amines is 1. The van der Waals surface area contributed by atoms with Crippen LogP contribution in [-0.4, -0.2) is 26.5 Å². The summed E-state index contributed by atoms with van der Waals surface area (Å²) in [4.78, 5) is 14.2. The van der Waals surface area contributed by atoms with Gasteiger partial charge in [-0.05, 0) is 37.3 Å². The largest absolute Gasteiger partial charge is 0.344 e. The van der Waals surface area contributed by atoms with Crippen molar-refractivity contribution >= 4 is 17.2 Å². The van der Waals surface area contributed by atoms with Gasteiger partial charge in [-0.15, -0.1) is 21.5 Å². The fraction of sp³-hybridized carbons (Fsp3) is 0.500. The lowest BCUT2D eigenvalue weighted by molar-refractivity contribution is 0.0954. The van der Waals surface area contributed by atoms with E-state index in [0.29, 0.717) is 12.4 Å². The standard InChI is InChI=1S/C12H15N5OS/c18-12(13-7-11-14-16-17-15-11)10-6-8-4-2-1-3-5-9(8)19-10/h6H,1-5,7H2,(H,13,18)(H,14,15,16,17). The van der Waals surface area contributed by atoms with Crippen molar-refractivity contribution in [1.82, 2.24) is 25.9 Å². The summed E-state index contributed by atoms with van der Waals surface area (Å²) in [5.74, 6) is 0.439. The molecule has 0 radical (unpaired) electrons. The highest BCUT2D eigenvalue weighted by atomic mass is 32.1. The van der Waals surface area contributed by atoms with Gasteiger partial charge in [0, 0.05) is 4.88 Å². The fourth-order valence-electron chi connectivity index (χ4n) is 2.28. The number of amides is 1. The number of hydrogen-bond acceptors (Lipinski definition) is 5. The molecule has 2 N–H and O–H groups in total. The fourth-order valence-corrected chi connectivity index (χ4v) is 3.45. The molecule has 100 valence electrons. The van der Waals surface area contributed by atoms with Crippen molar-refractivity contribution in [1.29, 1.82) is 0 Å². The minimum absolute atomic E-state index is 0.0529. The number of rotatable bonds is 3. The average molecular weight is 277 g/mol. The Morgan fingerprint density at radius 2 is 2.26 bits per heavy atom. The lowest BCUT2D eigenvalue weighted by atomic mass is 10.1. The van der Waals surface area contributed by atoms with Crippen LogP contribution in [0.25, 0.3) is 0 Å². The Balaban J connectivity index is 1.66. The molecule has 0 aromatic carbocycles. The maximum Gasteiger partial charge on any atom is 0.261 e. The van der Waals surface area contributed by atoms with Crippen molar-refractivity contribution in [3.8, 4) is 0 Å². The van der Waals surface area contributed by atoms with Gasteiger partial charge < -0.3 is 5.32 Å². The lowest BCUT2D eigenvalue weighted by Gasteiger charge is -1.99. The predicted molar refractivity (Wildman–Crippen MR) is 70.9 cm³/mol. The highest BCUT2D eigenvalue weighted by Gasteiger charge is 2.16. The number of nitrogens with one attached hydrogen (secondary N) is 2. The van der Waals surface area contributed by atoms with Gasteiger partial charge in [-0.3, -0.25) is 4.79 Å². The van der Waals surface area contributed by atoms with Gasteiger partial charge in [0.1, 0.15) is 0 Å². The summed E-state index contributed by atoms with van der Waals surface area (Å²) < 4.78 is 0. The summed E-state index contributed by atoms with van der Waals surface area (Å²) in [6, 6.07) is 2.04. The molecule has 2 heterocycles. The third kappa shape index (κ3) is 2.81. The van der Waals surface area contributed by atoms with E-state index in [1.54, 1.807) is 11.3 Å². The van der Waals surface area contributed by atoms with Gasteiger partial charge >= 0.3 is 0 Å². The summed E-state index contributed by atoms with van der Waals surface area (Å²) in [5, 5.41) is 16.2. The van der Waals surface area contributed by atoms with Gasteiger partial charge in [0.05, 0.1) is 11.4 Å². The van der Waals surface area contributed by atoms with E-state index in [1.165, 1.54) is 29.7 Å². The minimum Gasteiger partial charge on any atom is -0.344 e. The summed E-state index contributed by atoms with van der Waals surface area (Å²) in [6.45, 7) is 0.303. The topological polar surface area (TPSA) is 83.6 Å². The smallest absolute Gasteiger partial charge is 0.261 e. The van der Waals surface area contributed by atoms with Crippen LogP contribution in [0.4, 0.5) is 0 Å². The first-order valence-electron chi connectivity index (χ1n) is 6.45. The third-order valence-corrected chi connectivity index (χ3v) is 4.50. The van der Waals surface area contributed by atoms with Gasteiger partial charge in [0.15, 0.2) is 5.82 Å². The summed E-state index contributed by atoms with van der Waals surface area (Å²) >= 11 is 1.62. The van der Waals surface area contributed by atoms with E-state index in [9.17, 15) is 4.79 Å². The van der Waals surface area contributed by atoms with E-state index in [4.69, 9.17) is 0 Å². The van der Waals surface area contributed by atoms with Crippen molar-refractivity contribution in [2.45, 2.75) is 38.6 Å². The van der Waals surface area contributed by atoms with Crippen molar-refractivity contribution in [3.63, 3.8) is 0 Å². The number of aryl methyl sites for hydroxylation is 2. The zero-order valence-corrected chi connectivity index (χ0v) is 11.3. The molecule has 2 aromatic rings. The molecule has 0 aliphatic heterocycles. The van der Waals surface area contributed by atoms with Crippen LogP contribution in [0.5, 0.6) is 0 Å². The van der Waals surface area contributed by atoms with Crippen LogP contribution in [0, 0.1) is 0 Å². The summed E-state index contributed by atoms with van der Waals surface area (Å²) in [6.07, 6.45) is 5.97. The van der Waals surface area contributed by atoms with E-state index in [1.807, 2.05) is 6.07 Å². The molecule has 0 bridgehead atoms. The molecule has 7 heteroatoms. The number of carbonyl (C=O) groups is 1. The van der Waals surface area contributed by atoms with Crippen molar-refractivity contribution < 1.29 is 4.79 Å². The Morgan fingerprint density at radius 1 is 1.37 bits per heavy atom. The van der Waals surface area contributed by atoms with Crippen LogP contribution in [0.15, 0.2) is 6.07 Å². The van der Waals surface area contributed by atoms with Gasteiger partial charge in [0.2, 0.25) is 0 Å². The zero-order valence-electron chi connectivity index (χ0n) is 10.5. The number of fused-ring (bicyclic) bond motifs is 1. The maximum absolute atomic E-state index is 12.1. The molecule has 1 aliphatic rings. The molecule has 3 rings (SSSR count). The first-order chi connectivity index (χ1) is 9.33. The predicted octanol–water partition coefficient (Wildman–Crippen LogP) is 1.46. The van der Waals surface area contributed by atoms with Gasteiger partial charge in [-0.2, -0.15) is 5.21 Å². The molecule has 0 saturated carbocycles. The summed E-state index contributed by atoms with van der Waals surface area (Å²) in [5.41, 5.74) is 1.35. The highest BCUT2D eigenvalue weighted by Crippen LogP contribution is 2.28. The van der Waals surface area contributed by atoms with E-state index in [2.05, 4.69) is 25.9 Å². The van der Waals surface area contributed by atoms with Crippen LogP contribution < -0.4 is 5.32 Å². The van der Waals surface area contributed by atoms with Crippen LogP contribution >= 0.6 is 11.3 Å². The Kier molecular flexibility index (Phi) is 3.54. The molecule has 19 heavy (non-hydrogen) atoms. The molecule has 2 aromatic heterocycles. The monoisotopic (exact) mass is 277 g/mol. The maximum atomic E-state index is 12.1. The van der Waals surface area contributed by atoms with E-state index in [0.717, 1.165) is 17.7 Å². The minimum atomic E-state index is -0.0529. The Bertz CT molecular complexity index is 539. The normalized spacial score (nSPS) is 14.7. The number of hydrogen-bond donors (Lipinski definition) is 2. The molecule has 0 spiro atoms. The van der Waals surface area contributed by atoms with E-state index in [-0.39, 0.29) is 5.91 Å². The molecule has 1 amide bonds. The average Bonchev–Trinajstić information content (AvgIpc) is 3.02. The zero-order chi connectivity index (χ0) is 13.1. The number of tetrazole rings is 1. The number of aromatic nitrogens is 4. The molecular weight excluding hydrogens is 262 g/mol. The second kappa shape index (κ2) is 5.48. The van der Waals surface area contributed by atoms with Crippen LogP contribution in [0.1, 0.15) is 45.2 Å². The molecule has 0 saturated heterocycles. The van der Waals surface area contributed by atoms with Gasteiger partial charge in [-0.25, -0.2) is 0 Å². The van der Waals surface area contributed by atoms with Crippen LogP contribution in [0.3, 0.4) is 0 Å². The van der Waals surface area contributed by atoms with Gasteiger partial charge in [-0.1, -0.05) is 11.6 Å². The number of carbonyl (C=O) groups excluding carboxylic acids is 1. The quantitative estimate of drug-likeness (QED) is 0.832. The number of thiophene rings is 1. The summed E-state index contributed by atoms with van der Waals surface area (Å²) in [7, 11) is 0. The molecular formula is C12H15N5OS. The van der Waals surface area contributed by atoms with Crippen molar-refractivity contribution in [2.75, 3.05) is 0 Å². The second-order valence-electron chi connectivity index (χ2n) is 4.63.